The van der Waals surface area contributed by atoms with Gasteiger partial charge in [0, 0.05) is 44.6 Å². The Morgan fingerprint density at radius 1 is 1.03 bits per heavy atom. The number of hydrogen-bond acceptors (Lipinski definition) is 7. The van der Waals surface area contributed by atoms with E-state index in [9.17, 15) is 16.8 Å². The van der Waals surface area contributed by atoms with E-state index in [-0.39, 0.29) is 21.0 Å². The first-order chi connectivity index (χ1) is 18.8. The fourth-order valence-electron chi connectivity index (χ4n) is 4.63. The Kier molecular flexibility index (Phi) is 16.0. The van der Waals surface area contributed by atoms with E-state index in [0.29, 0.717) is 38.1 Å². The molecule has 0 saturated heterocycles. The minimum atomic E-state index is -3.95. The summed E-state index contributed by atoms with van der Waals surface area (Å²) in [5.41, 5.74) is 0.518. The lowest BCUT2D eigenvalue weighted by atomic mass is 10.1. The van der Waals surface area contributed by atoms with Crippen molar-refractivity contribution >= 4 is 37.6 Å². The molecule has 0 radical (unpaired) electrons. The van der Waals surface area contributed by atoms with Gasteiger partial charge in [-0.15, -0.1) is 11.3 Å². The van der Waals surface area contributed by atoms with Gasteiger partial charge in [-0.05, 0) is 57.6 Å². The quantitative estimate of drug-likeness (QED) is 0.0983. The minimum absolute atomic E-state index is 0.0209. The largest absolute Gasteiger partial charge is 0.385 e. The highest BCUT2D eigenvalue weighted by molar-refractivity contribution is 7.94. The van der Waals surface area contributed by atoms with Gasteiger partial charge in [0.25, 0.3) is 20.0 Å². The van der Waals surface area contributed by atoms with Crippen molar-refractivity contribution in [1.82, 2.24) is 9.62 Å². The molecule has 1 aliphatic rings. The number of nitrogens with zero attached hydrogens (tertiary/aromatic N) is 2. The van der Waals surface area contributed by atoms with Gasteiger partial charge in [-0.3, -0.25) is 0 Å². The molecule has 8 nitrogen and oxygen atoms in total. The van der Waals surface area contributed by atoms with E-state index in [1.54, 1.807) is 7.11 Å². The van der Waals surface area contributed by atoms with Crippen LogP contribution in [-0.2, 0) is 24.8 Å². The van der Waals surface area contributed by atoms with Gasteiger partial charge in [0.1, 0.15) is 8.42 Å². The van der Waals surface area contributed by atoms with Gasteiger partial charge in [0.05, 0.1) is 0 Å². The van der Waals surface area contributed by atoms with Crippen molar-refractivity contribution < 1.29 is 21.6 Å². The Labute approximate surface area is 241 Å². The van der Waals surface area contributed by atoms with Crippen LogP contribution in [0.5, 0.6) is 0 Å². The summed E-state index contributed by atoms with van der Waals surface area (Å²) in [5.74, 6) is 0. The van der Waals surface area contributed by atoms with Gasteiger partial charge in [0.15, 0.2) is 0 Å². The first-order valence-corrected chi connectivity index (χ1v) is 18.3. The standard InChI is InChI=1S/C28H49N3O5S3/c1-4-6-7-8-9-10-11-12-13-14-15-16-17-18-20-30-38(32,33)27-23-25-26(29-5-2)24-31(21-19-22-36-3)39(34,35)28(25)37-27/h10-11,20,23,26,29H,4-9,12-19,21-22,24H2,1-3H3/b11-10-,30-20+/t26-/m0/s1. The summed E-state index contributed by atoms with van der Waals surface area (Å²) >= 11 is 0.801. The van der Waals surface area contributed by atoms with Crippen LogP contribution in [0.15, 0.2) is 31.0 Å². The number of methoxy groups -OCH3 is 1. The first kappa shape index (κ1) is 34.1. The normalized spacial score (nSPS) is 17.9. The molecule has 0 bridgehead atoms. The number of hydrogen-bond donors (Lipinski definition) is 1. The maximum atomic E-state index is 13.2. The fraction of sp³-hybridized carbons (Fsp3) is 0.750. The maximum absolute atomic E-state index is 13.2. The number of unbranched alkanes of at least 4 members (excludes halogenated alkanes) is 10. The number of rotatable bonds is 21. The monoisotopic (exact) mass is 603 g/mol. The zero-order chi connectivity index (χ0) is 28.6. The molecule has 2 heterocycles. The number of ether oxygens (including phenoxy) is 1. The summed E-state index contributed by atoms with van der Waals surface area (Å²) in [6.07, 6.45) is 20.2. The average molecular weight is 604 g/mol. The lowest BCUT2D eigenvalue weighted by Gasteiger charge is -2.32. The maximum Gasteiger partial charge on any atom is 0.291 e. The molecule has 0 unspecified atom stereocenters. The van der Waals surface area contributed by atoms with Crippen LogP contribution in [0.4, 0.5) is 0 Å². The second kappa shape index (κ2) is 18.3. The van der Waals surface area contributed by atoms with E-state index in [4.69, 9.17) is 4.74 Å². The molecule has 1 N–H and O–H groups in total. The predicted octanol–water partition coefficient (Wildman–Crippen LogP) is 6.46. The summed E-state index contributed by atoms with van der Waals surface area (Å²) < 4.78 is 62.7. The molecule has 224 valence electrons. The molecule has 2 rings (SSSR count). The second-order valence-electron chi connectivity index (χ2n) is 10.1. The lowest BCUT2D eigenvalue weighted by Crippen LogP contribution is -2.43. The number of sulfonamides is 2. The third-order valence-corrected chi connectivity index (χ3v) is 12.1. The Morgan fingerprint density at radius 2 is 1.67 bits per heavy atom. The van der Waals surface area contributed by atoms with Crippen LogP contribution in [0, 0.1) is 0 Å². The molecule has 0 amide bonds. The molecule has 0 fully saturated rings. The number of nitrogens with one attached hydrogen (secondary N) is 1. The summed E-state index contributed by atoms with van der Waals surface area (Å²) in [6, 6.07) is 1.23. The van der Waals surface area contributed by atoms with Crippen LogP contribution in [0.25, 0.3) is 0 Å². The molecule has 0 aliphatic carbocycles. The smallest absolute Gasteiger partial charge is 0.291 e. The van der Waals surface area contributed by atoms with Gasteiger partial charge in [-0.1, -0.05) is 64.5 Å². The van der Waals surface area contributed by atoms with Crippen molar-refractivity contribution in [2.24, 2.45) is 4.40 Å². The van der Waals surface area contributed by atoms with Crippen LogP contribution < -0.4 is 5.32 Å². The lowest BCUT2D eigenvalue weighted by molar-refractivity contribution is 0.185. The summed E-state index contributed by atoms with van der Waals surface area (Å²) in [6.45, 7) is 5.87. The molecule has 1 aliphatic heterocycles. The summed E-state index contributed by atoms with van der Waals surface area (Å²) in [7, 11) is -6.14. The van der Waals surface area contributed by atoms with Gasteiger partial charge < -0.3 is 10.1 Å². The van der Waals surface area contributed by atoms with Crippen LogP contribution in [-0.4, -0.2) is 60.7 Å². The first-order valence-electron chi connectivity index (χ1n) is 14.6. The van der Waals surface area contributed by atoms with Crippen LogP contribution in [0.2, 0.25) is 0 Å². The highest BCUT2D eigenvalue weighted by Crippen LogP contribution is 2.40. The highest BCUT2D eigenvalue weighted by atomic mass is 32.3. The third-order valence-electron chi connectivity index (χ3n) is 6.81. The Morgan fingerprint density at radius 3 is 2.31 bits per heavy atom. The minimum Gasteiger partial charge on any atom is -0.385 e. The number of fused-ring (bicyclic) bond motifs is 1. The summed E-state index contributed by atoms with van der Waals surface area (Å²) in [4.78, 5) is 0. The van der Waals surface area contributed by atoms with Gasteiger partial charge in [-0.25, -0.2) is 8.42 Å². The van der Waals surface area contributed by atoms with Crippen molar-refractivity contribution in [1.29, 1.82) is 0 Å². The van der Waals surface area contributed by atoms with Crippen LogP contribution in [0.1, 0.15) is 109 Å². The van der Waals surface area contributed by atoms with E-state index in [1.165, 1.54) is 61.5 Å². The topological polar surface area (TPSA) is 105 Å². The summed E-state index contributed by atoms with van der Waals surface area (Å²) in [5, 5.41) is 3.30. The Bertz CT molecular complexity index is 1100. The van der Waals surface area contributed by atoms with Crippen LogP contribution in [0.3, 0.4) is 0 Å². The van der Waals surface area contributed by atoms with Gasteiger partial charge in [-0.2, -0.15) is 17.1 Å². The van der Waals surface area contributed by atoms with E-state index in [2.05, 4.69) is 28.8 Å². The van der Waals surface area contributed by atoms with Crippen LogP contribution >= 0.6 is 11.3 Å². The molecule has 39 heavy (non-hydrogen) atoms. The predicted molar refractivity (Wildman–Crippen MR) is 162 cm³/mol. The van der Waals surface area contributed by atoms with E-state index in [0.717, 1.165) is 37.0 Å². The van der Waals surface area contributed by atoms with E-state index < -0.39 is 20.0 Å². The molecule has 0 aromatic carbocycles. The van der Waals surface area contributed by atoms with Crippen molar-refractivity contribution in [3.8, 4) is 0 Å². The molecule has 1 aromatic rings. The number of likely N-dealkylation sites (N-methyl/N-ethyl adjacent to an activating group) is 1. The molecule has 11 heteroatoms. The second-order valence-corrected chi connectivity index (χ2v) is 15.1. The molecule has 1 aromatic heterocycles. The zero-order valence-electron chi connectivity index (χ0n) is 24.1. The molecule has 0 spiro atoms. The van der Waals surface area contributed by atoms with Crippen molar-refractivity contribution in [2.75, 3.05) is 33.4 Å². The number of thiophene rings is 1. The van der Waals surface area contributed by atoms with Crippen molar-refractivity contribution in [3.05, 3.63) is 23.8 Å². The zero-order valence-corrected chi connectivity index (χ0v) is 26.5. The molecular weight excluding hydrogens is 555 g/mol. The van der Waals surface area contributed by atoms with E-state index in [1.807, 2.05) is 6.92 Å². The van der Waals surface area contributed by atoms with Crippen molar-refractivity contribution in [2.45, 2.75) is 112 Å². The third kappa shape index (κ3) is 11.4. The van der Waals surface area contributed by atoms with E-state index >= 15 is 0 Å². The molecular formula is C28H49N3O5S3. The molecule has 0 saturated carbocycles. The fourth-order valence-corrected chi connectivity index (χ4v) is 9.41. The average Bonchev–Trinajstić information content (AvgIpc) is 3.37. The van der Waals surface area contributed by atoms with Crippen molar-refractivity contribution in [3.63, 3.8) is 0 Å². The van der Waals surface area contributed by atoms with Gasteiger partial charge >= 0.3 is 0 Å². The SMILES string of the molecule is CCCCCC/C=C\CCCCCCC/C=N/S(=O)(=O)c1cc2c(s1)S(=O)(=O)N(CCCOC)C[C@@H]2NCC. The number of allylic oxidation sites excluding steroid dienone is 2. The Hall–Kier alpha value is -1.11. The Balaban J connectivity index is 1.83. The molecule has 1 atom stereocenters. The van der Waals surface area contributed by atoms with Gasteiger partial charge in [0.2, 0.25) is 0 Å². The highest BCUT2D eigenvalue weighted by Gasteiger charge is 2.39.